The molecule has 0 heterocycles. The van der Waals surface area contributed by atoms with Crippen LogP contribution in [0.25, 0.3) is 0 Å². The largest absolute Gasteiger partial charge is 0.460 e. The molecule has 1 nitrogen and oxygen atoms in total. The molecule has 0 radical (unpaired) electrons. The van der Waals surface area contributed by atoms with E-state index in [0.717, 1.165) is 12.1 Å². The van der Waals surface area contributed by atoms with Crippen LogP contribution in [0.3, 0.4) is 0 Å². The summed E-state index contributed by atoms with van der Waals surface area (Å²) >= 11 is 0. The summed E-state index contributed by atoms with van der Waals surface area (Å²) in [5.41, 5.74) is -0.158. The lowest BCUT2D eigenvalue weighted by atomic mass is 9.97. The molecule has 1 aromatic rings. The maximum Gasteiger partial charge on any atom is 0.460 e. The zero-order valence-electron chi connectivity index (χ0n) is 11.1. The van der Waals surface area contributed by atoms with Gasteiger partial charge in [-0.25, -0.2) is 0 Å². The standard InChI is InChI=1S/C13H9F9O/c14-10(15,11(16,17)12(18,19)13(20,21)22)7-6-9(23)8-4-2-1-3-5-8/h1-5H,6-7H2. The molecule has 0 aliphatic carbocycles. The normalized spacial score (nSPS) is 14.0. The van der Waals surface area contributed by atoms with Gasteiger partial charge in [0.25, 0.3) is 0 Å². The van der Waals surface area contributed by atoms with E-state index in [1.165, 1.54) is 18.2 Å². The van der Waals surface area contributed by atoms with Gasteiger partial charge in [0, 0.05) is 18.4 Å². The minimum Gasteiger partial charge on any atom is -0.294 e. The quantitative estimate of drug-likeness (QED) is 0.513. The van der Waals surface area contributed by atoms with Crippen molar-refractivity contribution in [2.24, 2.45) is 0 Å². The van der Waals surface area contributed by atoms with E-state index in [1.54, 1.807) is 0 Å². The smallest absolute Gasteiger partial charge is 0.294 e. The molecule has 0 amide bonds. The Morgan fingerprint density at radius 2 is 1.26 bits per heavy atom. The lowest BCUT2D eigenvalue weighted by Crippen LogP contribution is -2.60. The van der Waals surface area contributed by atoms with E-state index in [-0.39, 0.29) is 5.56 Å². The van der Waals surface area contributed by atoms with E-state index in [1.807, 2.05) is 0 Å². The van der Waals surface area contributed by atoms with Crippen molar-refractivity contribution in [2.45, 2.75) is 36.8 Å². The van der Waals surface area contributed by atoms with Crippen molar-refractivity contribution >= 4 is 5.78 Å². The molecule has 0 saturated carbocycles. The number of ketones is 1. The molecule has 0 unspecified atom stereocenters. The van der Waals surface area contributed by atoms with Gasteiger partial charge in [-0.3, -0.25) is 4.79 Å². The van der Waals surface area contributed by atoms with Crippen molar-refractivity contribution in [3.05, 3.63) is 35.9 Å². The zero-order chi connectivity index (χ0) is 18.1. The van der Waals surface area contributed by atoms with Crippen LogP contribution in [-0.2, 0) is 0 Å². The summed E-state index contributed by atoms with van der Waals surface area (Å²) in [5, 5.41) is 0. The molecule has 0 saturated heterocycles. The summed E-state index contributed by atoms with van der Waals surface area (Å²) in [5.74, 6) is -20.4. The third-order valence-electron chi connectivity index (χ3n) is 2.97. The molecular weight excluding hydrogens is 343 g/mol. The SMILES string of the molecule is O=C(CCC(F)(F)C(F)(F)C(F)(F)C(F)(F)F)c1ccccc1. The Labute approximate surface area is 124 Å². The molecule has 0 aliphatic rings. The minimum absolute atomic E-state index is 0.158. The highest BCUT2D eigenvalue weighted by Gasteiger charge is 2.81. The number of carbonyl (C=O) groups excluding carboxylic acids is 1. The fourth-order valence-corrected chi connectivity index (χ4v) is 1.60. The number of carbonyl (C=O) groups is 1. The Bertz CT molecular complexity index is 548. The van der Waals surface area contributed by atoms with Crippen molar-refractivity contribution in [2.75, 3.05) is 0 Å². The first kappa shape index (κ1) is 19.3. The zero-order valence-corrected chi connectivity index (χ0v) is 11.1. The molecule has 10 heteroatoms. The number of alkyl halides is 9. The van der Waals surface area contributed by atoms with Crippen LogP contribution in [0.5, 0.6) is 0 Å². The van der Waals surface area contributed by atoms with E-state index >= 15 is 0 Å². The highest BCUT2D eigenvalue weighted by atomic mass is 19.4. The van der Waals surface area contributed by atoms with Gasteiger partial charge >= 0.3 is 23.9 Å². The lowest BCUT2D eigenvalue weighted by Gasteiger charge is -2.33. The maximum atomic E-state index is 13.2. The van der Waals surface area contributed by atoms with E-state index in [9.17, 15) is 44.3 Å². The van der Waals surface area contributed by atoms with E-state index in [4.69, 9.17) is 0 Å². The molecule has 0 spiro atoms. The number of hydrogen-bond donors (Lipinski definition) is 0. The van der Waals surface area contributed by atoms with Gasteiger partial charge in [-0.1, -0.05) is 30.3 Å². The first-order chi connectivity index (χ1) is 10.2. The van der Waals surface area contributed by atoms with Crippen LogP contribution in [0.2, 0.25) is 0 Å². The van der Waals surface area contributed by atoms with Crippen molar-refractivity contribution in [3.8, 4) is 0 Å². The monoisotopic (exact) mass is 352 g/mol. The Morgan fingerprint density at radius 3 is 1.70 bits per heavy atom. The van der Waals surface area contributed by atoms with Gasteiger partial charge in [-0.2, -0.15) is 39.5 Å². The number of rotatable bonds is 6. The molecule has 23 heavy (non-hydrogen) atoms. The van der Waals surface area contributed by atoms with Gasteiger partial charge in [-0.05, 0) is 0 Å². The second-order valence-corrected chi connectivity index (χ2v) is 4.64. The molecule has 0 aromatic heterocycles. The fourth-order valence-electron chi connectivity index (χ4n) is 1.60. The highest BCUT2D eigenvalue weighted by Crippen LogP contribution is 2.54. The predicted octanol–water partition coefficient (Wildman–Crippen LogP) is 5.12. The molecule has 0 fully saturated rings. The van der Waals surface area contributed by atoms with Crippen LogP contribution >= 0.6 is 0 Å². The van der Waals surface area contributed by atoms with Gasteiger partial charge in [-0.15, -0.1) is 0 Å². The summed E-state index contributed by atoms with van der Waals surface area (Å²) in [6.07, 6.45) is -10.3. The molecule has 130 valence electrons. The fraction of sp³-hybridized carbons (Fsp3) is 0.462. The van der Waals surface area contributed by atoms with Crippen LogP contribution in [0.15, 0.2) is 30.3 Å². The average Bonchev–Trinajstić information content (AvgIpc) is 2.44. The Balaban J connectivity index is 2.92. The van der Waals surface area contributed by atoms with Gasteiger partial charge in [0.2, 0.25) is 0 Å². The first-order valence-corrected chi connectivity index (χ1v) is 6.02. The molecule has 0 bridgehead atoms. The lowest BCUT2D eigenvalue weighted by molar-refractivity contribution is -0.396. The van der Waals surface area contributed by atoms with Gasteiger partial charge < -0.3 is 0 Å². The summed E-state index contributed by atoms with van der Waals surface area (Å²) in [7, 11) is 0. The topological polar surface area (TPSA) is 17.1 Å². The summed E-state index contributed by atoms with van der Waals surface area (Å²) in [4.78, 5) is 11.5. The van der Waals surface area contributed by atoms with Crippen molar-refractivity contribution < 1.29 is 44.3 Å². The molecule has 0 aliphatic heterocycles. The molecule has 1 rings (SSSR count). The molecule has 0 atom stereocenters. The maximum absolute atomic E-state index is 13.2. The van der Waals surface area contributed by atoms with Crippen molar-refractivity contribution in [1.29, 1.82) is 0 Å². The molecule has 1 aromatic carbocycles. The van der Waals surface area contributed by atoms with Crippen LogP contribution in [0, 0.1) is 0 Å². The van der Waals surface area contributed by atoms with E-state index in [2.05, 4.69) is 0 Å². The molecule has 0 N–H and O–H groups in total. The van der Waals surface area contributed by atoms with Crippen LogP contribution in [0.1, 0.15) is 23.2 Å². The van der Waals surface area contributed by atoms with Gasteiger partial charge in [0.15, 0.2) is 5.78 Å². The predicted molar refractivity (Wildman–Crippen MR) is 60.9 cm³/mol. The summed E-state index contributed by atoms with van der Waals surface area (Å²) in [6.45, 7) is 0. The second kappa shape index (κ2) is 6.04. The van der Waals surface area contributed by atoms with Crippen LogP contribution in [0.4, 0.5) is 39.5 Å². The third-order valence-corrected chi connectivity index (χ3v) is 2.97. The number of halogens is 9. The number of Topliss-reactive ketones (excluding diaryl/α,β-unsaturated/α-hetero) is 1. The third kappa shape index (κ3) is 3.61. The van der Waals surface area contributed by atoms with Crippen LogP contribution in [-0.4, -0.2) is 29.7 Å². The Kier molecular flexibility index (Phi) is 5.07. The van der Waals surface area contributed by atoms with Crippen LogP contribution < -0.4 is 0 Å². The second-order valence-electron chi connectivity index (χ2n) is 4.64. The summed E-state index contributed by atoms with van der Waals surface area (Å²) < 4.78 is 113. The number of benzene rings is 1. The summed E-state index contributed by atoms with van der Waals surface area (Å²) in [6, 6.07) is 6.44. The first-order valence-electron chi connectivity index (χ1n) is 6.02. The van der Waals surface area contributed by atoms with E-state index in [0.29, 0.717) is 0 Å². The van der Waals surface area contributed by atoms with Gasteiger partial charge in [0.05, 0.1) is 0 Å². The Hall–Kier alpha value is -1.74. The Morgan fingerprint density at radius 1 is 0.783 bits per heavy atom. The van der Waals surface area contributed by atoms with Crippen molar-refractivity contribution in [3.63, 3.8) is 0 Å². The highest BCUT2D eigenvalue weighted by molar-refractivity contribution is 5.96. The van der Waals surface area contributed by atoms with E-state index < -0.39 is 42.6 Å². The van der Waals surface area contributed by atoms with Gasteiger partial charge in [0.1, 0.15) is 0 Å². The minimum atomic E-state index is -6.93. The number of hydrogen-bond acceptors (Lipinski definition) is 1. The average molecular weight is 352 g/mol. The van der Waals surface area contributed by atoms with Crippen molar-refractivity contribution in [1.82, 2.24) is 0 Å². The molecular formula is C13H9F9O.